The van der Waals surface area contributed by atoms with E-state index in [0.29, 0.717) is 39.9 Å². The van der Waals surface area contributed by atoms with Gasteiger partial charge in [-0.05, 0) is 24.6 Å². The number of nitriles is 2. The molecule has 9 heteroatoms. The zero-order chi connectivity index (χ0) is 22.7. The van der Waals surface area contributed by atoms with Gasteiger partial charge >= 0.3 is 5.69 Å². The number of benzene rings is 2. The molecule has 0 atom stereocenters. The molecule has 0 saturated heterocycles. The lowest BCUT2D eigenvalue weighted by Crippen LogP contribution is -2.17. The molecule has 4 aromatic rings. The molecule has 0 amide bonds. The van der Waals surface area contributed by atoms with Gasteiger partial charge in [0.15, 0.2) is 0 Å². The maximum Gasteiger partial charge on any atom is 0.326 e. The molecule has 0 aliphatic heterocycles. The monoisotopic (exact) mass is 460 g/mol. The maximum absolute atomic E-state index is 12.2. The van der Waals surface area contributed by atoms with Gasteiger partial charge in [-0.2, -0.15) is 10.5 Å². The average molecular weight is 461 g/mol. The first-order valence-electron chi connectivity index (χ1n) is 9.74. The standard InChI is InChI=1S/C23H17ClN6OS/c24-17-7-2-1-6-14(17)20-15(12-25)21(27)29-22(16(20)13-26)32-11-5-10-30-19-9-4-3-8-18(19)28-23(30)31/h1-4,6-9H,5,10-11H2,(H2,27,29)(H,28,31). The normalized spacial score (nSPS) is 10.7. The summed E-state index contributed by atoms with van der Waals surface area (Å²) in [7, 11) is 0. The molecule has 2 aromatic carbocycles. The molecule has 2 aromatic heterocycles. The summed E-state index contributed by atoms with van der Waals surface area (Å²) < 4.78 is 1.69. The van der Waals surface area contributed by atoms with Crippen molar-refractivity contribution in [2.24, 2.45) is 0 Å². The van der Waals surface area contributed by atoms with Crippen molar-refractivity contribution in [1.29, 1.82) is 10.5 Å². The number of nitrogens with zero attached hydrogens (tertiary/aromatic N) is 4. The van der Waals surface area contributed by atoms with Gasteiger partial charge in [-0.3, -0.25) is 4.57 Å². The average Bonchev–Trinajstić information content (AvgIpc) is 3.11. The summed E-state index contributed by atoms with van der Waals surface area (Å²) in [6.07, 6.45) is 0.667. The zero-order valence-corrected chi connectivity index (χ0v) is 18.4. The number of nitrogens with two attached hydrogens (primary N) is 1. The van der Waals surface area contributed by atoms with Crippen LogP contribution in [0.3, 0.4) is 0 Å². The van der Waals surface area contributed by atoms with Crippen LogP contribution in [0.4, 0.5) is 5.82 Å². The third kappa shape index (κ3) is 3.94. The number of nitrogens with one attached hydrogen (secondary N) is 1. The molecule has 7 nitrogen and oxygen atoms in total. The van der Waals surface area contributed by atoms with Crippen LogP contribution in [0.2, 0.25) is 5.02 Å². The highest BCUT2D eigenvalue weighted by Gasteiger charge is 2.21. The summed E-state index contributed by atoms with van der Waals surface area (Å²) in [4.78, 5) is 19.4. The number of imidazole rings is 1. The highest BCUT2D eigenvalue weighted by atomic mass is 35.5. The van der Waals surface area contributed by atoms with E-state index in [4.69, 9.17) is 17.3 Å². The van der Waals surface area contributed by atoms with E-state index in [1.807, 2.05) is 24.3 Å². The quantitative estimate of drug-likeness (QED) is 0.321. The Morgan fingerprint density at radius 3 is 2.56 bits per heavy atom. The van der Waals surface area contributed by atoms with E-state index in [2.05, 4.69) is 22.1 Å². The topological polar surface area (TPSA) is 124 Å². The van der Waals surface area contributed by atoms with Crippen LogP contribution >= 0.6 is 23.4 Å². The number of halogens is 1. The van der Waals surface area contributed by atoms with E-state index in [9.17, 15) is 15.3 Å². The van der Waals surface area contributed by atoms with Crippen molar-refractivity contribution in [3.8, 4) is 23.3 Å². The fraction of sp³-hybridized carbons (Fsp3) is 0.130. The molecule has 2 heterocycles. The predicted octanol–water partition coefficient (Wildman–Crippen LogP) is 4.55. The SMILES string of the molecule is N#Cc1c(N)nc(SCCCn2c(=O)[nH]c3ccccc32)c(C#N)c1-c1ccccc1Cl. The minimum Gasteiger partial charge on any atom is -0.383 e. The lowest BCUT2D eigenvalue weighted by Gasteiger charge is -2.14. The van der Waals surface area contributed by atoms with Crippen LogP contribution in [0.1, 0.15) is 17.5 Å². The maximum atomic E-state index is 12.2. The van der Waals surface area contributed by atoms with Crippen molar-refractivity contribution in [2.75, 3.05) is 11.5 Å². The first-order chi connectivity index (χ1) is 15.5. The third-order valence-corrected chi connectivity index (χ3v) is 6.40. The molecule has 0 bridgehead atoms. The number of hydrogen-bond acceptors (Lipinski definition) is 6. The summed E-state index contributed by atoms with van der Waals surface area (Å²) in [6.45, 7) is 0.515. The predicted molar refractivity (Wildman–Crippen MR) is 126 cm³/mol. The van der Waals surface area contributed by atoms with Crippen LogP contribution in [0, 0.1) is 22.7 Å². The van der Waals surface area contributed by atoms with Gasteiger partial charge in [0, 0.05) is 28.4 Å². The van der Waals surface area contributed by atoms with Crippen LogP contribution < -0.4 is 11.4 Å². The summed E-state index contributed by atoms with van der Waals surface area (Å²) in [6, 6.07) is 18.7. The number of nitrogen functional groups attached to an aromatic ring is 1. The molecule has 158 valence electrons. The van der Waals surface area contributed by atoms with Crippen LogP contribution in [-0.2, 0) is 6.54 Å². The molecule has 4 rings (SSSR count). The Balaban J connectivity index is 1.61. The number of para-hydroxylation sites is 2. The van der Waals surface area contributed by atoms with Gasteiger partial charge in [-0.1, -0.05) is 41.9 Å². The molecular weight excluding hydrogens is 444 g/mol. The number of thioether (sulfide) groups is 1. The van der Waals surface area contributed by atoms with Gasteiger partial charge in [-0.15, -0.1) is 11.8 Å². The van der Waals surface area contributed by atoms with Gasteiger partial charge in [0.05, 0.1) is 16.6 Å². The fourth-order valence-electron chi connectivity index (χ4n) is 3.56. The Morgan fingerprint density at radius 2 is 1.81 bits per heavy atom. The number of aromatic amines is 1. The summed E-state index contributed by atoms with van der Waals surface area (Å²) in [5.41, 5.74) is 8.89. The summed E-state index contributed by atoms with van der Waals surface area (Å²) in [5, 5.41) is 20.4. The molecule has 0 radical (unpaired) electrons. The number of pyridine rings is 1. The molecular formula is C23H17ClN6OS. The number of aromatic nitrogens is 3. The minimum absolute atomic E-state index is 0.0526. The highest BCUT2D eigenvalue weighted by molar-refractivity contribution is 7.99. The van der Waals surface area contributed by atoms with Crippen molar-refractivity contribution < 1.29 is 0 Å². The van der Waals surface area contributed by atoms with E-state index < -0.39 is 0 Å². The van der Waals surface area contributed by atoms with E-state index >= 15 is 0 Å². The molecule has 0 unspecified atom stereocenters. The van der Waals surface area contributed by atoms with E-state index in [1.54, 1.807) is 28.8 Å². The highest BCUT2D eigenvalue weighted by Crippen LogP contribution is 2.38. The van der Waals surface area contributed by atoms with Crippen molar-refractivity contribution >= 4 is 40.2 Å². The molecule has 0 fully saturated rings. The summed E-state index contributed by atoms with van der Waals surface area (Å²) >= 11 is 7.71. The van der Waals surface area contributed by atoms with Crippen LogP contribution in [0.25, 0.3) is 22.2 Å². The number of fused-ring (bicyclic) bond motifs is 1. The number of hydrogen-bond donors (Lipinski definition) is 2. The molecule has 0 aliphatic carbocycles. The summed E-state index contributed by atoms with van der Waals surface area (Å²) in [5.74, 6) is 0.651. The van der Waals surface area contributed by atoms with Gasteiger partial charge in [-0.25, -0.2) is 9.78 Å². The first-order valence-corrected chi connectivity index (χ1v) is 11.1. The lowest BCUT2D eigenvalue weighted by molar-refractivity contribution is 0.679. The van der Waals surface area contributed by atoms with Crippen molar-refractivity contribution in [3.05, 3.63) is 75.2 Å². The third-order valence-electron chi connectivity index (χ3n) is 5.01. The first kappa shape index (κ1) is 21.5. The van der Waals surface area contributed by atoms with Crippen LogP contribution in [-0.4, -0.2) is 20.3 Å². The number of H-pyrrole nitrogens is 1. The number of anilines is 1. The molecule has 0 spiro atoms. The molecule has 32 heavy (non-hydrogen) atoms. The van der Waals surface area contributed by atoms with E-state index in [0.717, 1.165) is 11.0 Å². The lowest BCUT2D eigenvalue weighted by atomic mass is 9.97. The van der Waals surface area contributed by atoms with E-state index in [-0.39, 0.29) is 22.6 Å². The van der Waals surface area contributed by atoms with Crippen molar-refractivity contribution in [3.63, 3.8) is 0 Å². The molecule has 0 saturated carbocycles. The van der Waals surface area contributed by atoms with Gasteiger partial charge in [0.2, 0.25) is 0 Å². The Bertz CT molecular complexity index is 1460. The Labute approximate surface area is 193 Å². The van der Waals surface area contributed by atoms with Crippen LogP contribution in [0.5, 0.6) is 0 Å². The second kappa shape index (κ2) is 9.19. The molecule has 3 N–H and O–H groups in total. The minimum atomic E-state index is -0.157. The second-order valence-corrected chi connectivity index (χ2v) is 8.42. The zero-order valence-electron chi connectivity index (χ0n) is 16.8. The van der Waals surface area contributed by atoms with Gasteiger partial charge in [0.1, 0.15) is 28.5 Å². The van der Waals surface area contributed by atoms with Gasteiger partial charge < -0.3 is 10.7 Å². The van der Waals surface area contributed by atoms with E-state index in [1.165, 1.54) is 11.8 Å². The largest absolute Gasteiger partial charge is 0.383 e. The number of rotatable bonds is 6. The smallest absolute Gasteiger partial charge is 0.326 e. The van der Waals surface area contributed by atoms with Crippen molar-refractivity contribution in [1.82, 2.24) is 14.5 Å². The van der Waals surface area contributed by atoms with Crippen molar-refractivity contribution in [2.45, 2.75) is 18.0 Å². The second-order valence-electron chi connectivity index (χ2n) is 6.93. The Hall–Kier alpha value is -3.72. The van der Waals surface area contributed by atoms with Crippen LogP contribution in [0.15, 0.2) is 58.4 Å². The molecule has 0 aliphatic rings. The number of aryl methyl sites for hydroxylation is 1. The Kier molecular flexibility index (Phi) is 6.18. The van der Waals surface area contributed by atoms with Gasteiger partial charge in [0.25, 0.3) is 0 Å². The fourth-order valence-corrected chi connectivity index (χ4v) is 4.71. The Morgan fingerprint density at radius 1 is 1.09 bits per heavy atom.